The van der Waals surface area contributed by atoms with Crippen molar-refractivity contribution in [1.82, 2.24) is 14.8 Å². The zero-order valence-corrected chi connectivity index (χ0v) is 13.0. The van der Waals surface area contributed by atoms with Crippen LogP contribution in [0.25, 0.3) is 10.8 Å². The molecule has 0 radical (unpaired) electrons. The molecule has 2 saturated heterocycles. The molecule has 3 heterocycles. The SMILES string of the molecule is CN1CC[C@]12CCCN(C(=O)c1nccc3ccccc13)C2. The van der Waals surface area contributed by atoms with E-state index < -0.39 is 0 Å². The summed E-state index contributed by atoms with van der Waals surface area (Å²) < 4.78 is 0. The molecule has 0 saturated carbocycles. The van der Waals surface area contributed by atoms with E-state index in [4.69, 9.17) is 0 Å². The molecule has 1 aromatic heterocycles. The lowest BCUT2D eigenvalue weighted by Crippen LogP contribution is -2.66. The molecule has 0 aliphatic carbocycles. The number of nitrogens with zero attached hydrogens (tertiary/aromatic N) is 3. The molecule has 4 nitrogen and oxygen atoms in total. The summed E-state index contributed by atoms with van der Waals surface area (Å²) >= 11 is 0. The van der Waals surface area contributed by atoms with Gasteiger partial charge in [-0.25, -0.2) is 0 Å². The quantitative estimate of drug-likeness (QED) is 0.811. The zero-order chi connectivity index (χ0) is 15.2. The Kier molecular flexibility index (Phi) is 3.15. The van der Waals surface area contributed by atoms with Crippen molar-refractivity contribution in [2.75, 3.05) is 26.7 Å². The summed E-state index contributed by atoms with van der Waals surface area (Å²) in [4.78, 5) is 21.8. The third kappa shape index (κ3) is 2.02. The van der Waals surface area contributed by atoms with Gasteiger partial charge in [0, 0.05) is 36.8 Å². The van der Waals surface area contributed by atoms with Gasteiger partial charge in [-0.15, -0.1) is 0 Å². The summed E-state index contributed by atoms with van der Waals surface area (Å²) in [5, 5.41) is 2.03. The van der Waals surface area contributed by atoms with E-state index in [9.17, 15) is 4.79 Å². The molecule has 0 N–H and O–H groups in total. The third-order valence-corrected chi connectivity index (χ3v) is 5.44. The topological polar surface area (TPSA) is 36.4 Å². The monoisotopic (exact) mass is 295 g/mol. The Balaban J connectivity index is 1.66. The summed E-state index contributed by atoms with van der Waals surface area (Å²) in [7, 11) is 2.17. The molecule has 2 aromatic rings. The van der Waals surface area contributed by atoms with Gasteiger partial charge in [0.15, 0.2) is 0 Å². The lowest BCUT2D eigenvalue weighted by atomic mass is 9.78. The Morgan fingerprint density at radius 2 is 2.05 bits per heavy atom. The molecule has 1 spiro atoms. The fourth-order valence-electron chi connectivity index (χ4n) is 3.89. The van der Waals surface area contributed by atoms with Gasteiger partial charge in [-0.05, 0) is 37.8 Å². The van der Waals surface area contributed by atoms with Crippen LogP contribution in [0.5, 0.6) is 0 Å². The average Bonchev–Trinajstić information content (AvgIpc) is 2.59. The van der Waals surface area contributed by atoms with Gasteiger partial charge in [-0.1, -0.05) is 24.3 Å². The molecule has 0 bridgehead atoms. The number of piperidine rings is 1. The van der Waals surface area contributed by atoms with E-state index in [1.54, 1.807) is 6.20 Å². The fraction of sp³-hybridized carbons (Fsp3) is 0.444. The van der Waals surface area contributed by atoms with Crippen molar-refractivity contribution in [2.24, 2.45) is 0 Å². The molecule has 4 rings (SSSR count). The van der Waals surface area contributed by atoms with Crippen LogP contribution in [0.15, 0.2) is 36.5 Å². The highest BCUT2D eigenvalue weighted by Crippen LogP contribution is 2.37. The Morgan fingerprint density at radius 3 is 2.82 bits per heavy atom. The molecule has 0 unspecified atom stereocenters. The summed E-state index contributed by atoms with van der Waals surface area (Å²) in [5.41, 5.74) is 0.815. The van der Waals surface area contributed by atoms with Crippen molar-refractivity contribution in [2.45, 2.75) is 24.8 Å². The lowest BCUT2D eigenvalue weighted by Gasteiger charge is -2.55. The average molecular weight is 295 g/mol. The first-order chi connectivity index (χ1) is 10.7. The van der Waals surface area contributed by atoms with Crippen LogP contribution in [0.2, 0.25) is 0 Å². The highest BCUT2D eigenvalue weighted by atomic mass is 16.2. The van der Waals surface area contributed by atoms with Crippen LogP contribution in [-0.4, -0.2) is 52.9 Å². The van der Waals surface area contributed by atoms with Gasteiger partial charge in [-0.3, -0.25) is 14.7 Å². The maximum absolute atomic E-state index is 13.0. The number of hydrogen-bond acceptors (Lipinski definition) is 3. The Bertz CT molecular complexity index is 724. The molecule has 2 aliphatic heterocycles. The molecule has 1 amide bonds. The number of pyridine rings is 1. The van der Waals surface area contributed by atoms with Crippen LogP contribution in [0.4, 0.5) is 0 Å². The Labute approximate surface area is 130 Å². The van der Waals surface area contributed by atoms with Crippen LogP contribution < -0.4 is 0 Å². The second kappa shape index (κ2) is 5.06. The molecule has 4 heteroatoms. The van der Waals surface area contributed by atoms with Crippen molar-refractivity contribution in [3.63, 3.8) is 0 Å². The molecule has 2 aliphatic rings. The summed E-state index contributed by atoms with van der Waals surface area (Å²) in [6.07, 6.45) is 5.23. The van der Waals surface area contributed by atoms with Crippen molar-refractivity contribution < 1.29 is 4.79 Å². The van der Waals surface area contributed by atoms with Crippen molar-refractivity contribution >= 4 is 16.7 Å². The smallest absolute Gasteiger partial charge is 0.273 e. The Hall–Kier alpha value is -1.94. The van der Waals surface area contributed by atoms with E-state index in [-0.39, 0.29) is 11.4 Å². The number of carbonyl (C=O) groups excluding carboxylic acids is 1. The number of fused-ring (bicyclic) bond motifs is 1. The highest BCUT2D eigenvalue weighted by molar-refractivity contribution is 6.05. The summed E-state index contributed by atoms with van der Waals surface area (Å²) in [6.45, 7) is 2.83. The second-order valence-electron chi connectivity index (χ2n) is 6.61. The molecular weight excluding hydrogens is 274 g/mol. The van der Waals surface area contributed by atoms with Crippen molar-refractivity contribution in [3.8, 4) is 0 Å². The fourth-order valence-corrected chi connectivity index (χ4v) is 3.89. The van der Waals surface area contributed by atoms with Crippen LogP contribution in [-0.2, 0) is 0 Å². The minimum atomic E-state index is 0.0798. The highest BCUT2D eigenvalue weighted by Gasteiger charge is 2.46. The van der Waals surface area contributed by atoms with E-state index in [0.717, 1.165) is 36.8 Å². The minimum absolute atomic E-state index is 0.0798. The number of likely N-dealkylation sites (N-methyl/N-ethyl adjacent to an activating group) is 1. The minimum Gasteiger partial charge on any atom is -0.335 e. The molecule has 22 heavy (non-hydrogen) atoms. The van der Waals surface area contributed by atoms with E-state index in [1.165, 1.54) is 12.8 Å². The van der Waals surface area contributed by atoms with Gasteiger partial charge < -0.3 is 4.90 Å². The second-order valence-corrected chi connectivity index (χ2v) is 6.61. The van der Waals surface area contributed by atoms with Crippen molar-refractivity contribution in [3.05, 3.63) is 42.2 Å². The van der Waals surface area contributed by atoms with Gasteiger partial charge in [0.1, 0.15) is 5.69 Å². The first-order valence-corrected chi connectivity index (χ1v) is 8.04. The number of amides is 1. The first kappa shape index (κ1) is 13.7. The molecule has 114 valence electrons. The van der Waals surface area contributed by atoms with Crippen LogP contribution in [0.1, 0.15) is 29.8 Å². The number of carbonyl (C=O) groups is 1. The van der Waals surface area contributed by atoms with Gasteiger partial charge in [-0.2, -0.15) is 0 Å². The van der Waals surface area contributed by atoms with Gasteiger partial charge in [0.2, 0.25) is 0 Å². The predicted molar refractivity (Wildman–Crippen MR) is 86.9 cm³/mol. The molecular formula is C18H21N3O. The number of rotatable bonds is 1. The van der Waals surface area contributed by atoms with Gasteiger partial charge in [0.05, 0.1) is 0 Å². The standard InChI is InChI=1S/C18H21N3O/c1-20-12-9-18(20)8-4-11-21(13-18)17(22)16-15-6-3-2-5-14(15)7-10-19-16/h2-3,5-7,10H,4,8-9,11-13H2,1H3/t18-/m0/s1. The van der Waals surface area contributed by atoms with Gasteiger partial charge in [0.25, 0.3) is 5.91 Å². The van der Waals surface area contributed by atoms with E-state index in [2.05, 4.69) is 16.9 Å². The predicted octanol–water partition coefficient (Wildman–Crippen LogP) is 2.55. The van der Waals surface area contributed by atoms with Crippen LogP contribution in [0, 0.1) is 0 Å². The number of benzene rings is 1. The largest absolute Gasteiger partial charge is 0.335 e. The third-order valence-electron chi connectivity index (χ3n) is 5.44. The number of aromatic nitrogens is 1. The zero-order valence-electron chi connectivity index (χ0n) is 13.0. The van der Waals surface area contributed by atoms with Crippen molar-refractivity contribution in [1.29, 1.82) is 0 Å². The normalized spacial score (nSPS) is 25.4. The van der Waals surface area contributed by atoms with Crippen LogP contribution in [0.3, 0.4) is 0 Å². The first-order valence-electron chi connectivity index (χ1n) is 8.04. The number of likely N-dealkylation sites (tertiary alicyclic amines) is 2. The molecule has 1 aromatic carbocycles. The maximum atomic E-state index is 13.0. The van der Waals surface area contributed by atoms with Crippen LogP contribution >= 0.6 is 0 Å². The van der Waals surface area contributed by atoms with E-state index in [1.807, 2.05) is 35.2 Å². The lowest BCUT2D eigenvalue weighted by molar-refractivity contribution is -0.0409. The molecule has 2 fully saturated rings. The van der Waals surface area contributed by atoms with E-state index >= 15 is 0 Å². The molecule has 1 atom stereocenters. The maximum Gasteiger partial charge on any atom is 0.273 e. The summed E-state index contributed by atoms with van der Waals surface area (Å²) in [5.74, 6) is 0.0798. The Morgan fingerprint density at radius 1 is 1.18 bits per heavy atom. The van der Waals surface area contributed by atoms with E-state index in [0.29, 0.717) is 5.69 Å². The van der Waals surface area contributed by atoms with Gasteiger partial charge >= 0.3 is 0 Å². The summed E-state index contributed by atoms with van der Waals surface area (Å²) in [6, 6.07) is 9.95. The number of hydrogen-bond donors (Lipinski definition) is 0.